The van der Waals surface area contributed by atoms with Gasteiger partial charge in [0.2, 0.25) is 10.0 Å². The summed E-state index contributed by atoms with van der Waals surface area (Å²) in [5.74, 6) is 1.91. The van der Waals surface area contributed by atoms with E-state index in [1.807, 2.05) is 17.5 Å². The van der Waals surface area contributed by atoms with E-state index in [0.717, 1.165) is 29.2 Å². The molecule has 0 atom stereocenters. The van der Waals surface area contributed by atoms with Crippen molar-refractivity contribution in [2.24, 2.45) is 0 Å². The lowest BCUT2D eigenvalue weighted by molar-refractivity contribution is 0.509. The standard InChI is InChI=1S/C17H16N2O3S2/c20-24(21,19-10-14-2-1-9-23-14)15-7-5-12(6-8-15)16-11-18-17(22-16)13-3-4-13/h1-2,5-9,11,13,19H,3-4,10H2. The highest BCUT2D eigenvalue weighted by Crippen LogP contribution is 2.40. The topological polar surface area (TPSA) is 72.2 Å². The van der Waals surface area contributed by atoms with Crippen LogP contribution in [-0.4, -0.2) is 13.4 Å². The van der Waals surface area contributed by atoms with Gasteiger partial charge in [0.15, 0.2) is 11.7 Å². The highest BCUT2D eigenvalue weighted by molar-refractivity contribution is 7.89. The Morgan fingerprint density at radius 1 is 1.21 bits per heavy atom. The first-order valence-corrected chi connectivity index (χ1v) is 10.1. The zero-order valence-electron chi connectivity index (χ0n) is 12.8. The quantitative estimate of drug-likeness (QED) is 0.726. The van der Waals surface area contributed by atoms with E-state index in [-0.39, 0.29) is 4.90 Å². The molecule has 0 spiro atoms. The van der Waals surface area contributed by atoms with Crippen molar-refractivity contribution in [3.63, 3.8) is 0 Å². The van der Waals surface area contributed by atoms with Crippen LogP contribution in [0, 0.1) is 0 Å². The molecular weight excluding hydrogens is 344 g/mol. The Hall–Kier alpha value is -1.96. The van der Waals surface area contributed by atoms with Crippen LogP contribution < -0.4 is 4.72 Å². The van der Waals surface area contributed by atoms with E-state index in [0.29, 0.717) is 18.2 Å². The van der Waals surface area contributed by atoms with Crippen molar-refractivity contribution in [3.8, 4) is 11.3 Å². The second-order valence-corrected chi connectivity index (χ2v) is 8.56. The summed E-state index contributed by atoms with van der Waals surface area (Å²) in [6.45, 7) is 0.300. The third-order valence-corrected chi connectivity index (χ3v) is 6.21. The maximum Gasteiger partial charge on any atom is 0.240 e. The summed E-state index contributed by atoms with van der Waals surface area (Å²) in [4.78, 5) is 5.50. The van der Waals surface area contributed by atoms with Gasteiger partial charge >= 0.3 is 0 Å². The lowest BCUT2D eigenvalue weighted by Crippen LogP contribution is -2.22. The van der Waals surface area contributed by atoms with Crippen molar-refractivity contribution >= 4 is 21.4 Å². The highest BCUT2D eigenvalue weighted by Gasteiger charge is 2.28. The van der Waals surface area contributed by atoms with Crippen LogP contribution in [0.15, 0.2) is 57.3 Å². The van der Waals surface area contributed by atoms with Gasteiger partial charge in [-0.2, -0.15) is 0 Å². The van der Waals surface area contributed by atoms with Crippen LogP contribution in [-0.2, 0) is 16.6 Å². The van der Waals surface area contributed by atoms with Gasteiger partial charge in [-0.25, -0.2) is 18.1 Å². The van der Waals surface area contributed by atoms with Gasteiger partial charge < -0.3 is 4.42 Å². The van der Waals surface area contributed by atoms with Crippen molar-refractivity contribution in [1.82, 2.24) is 9.71 Å². The SMILES string of the molecule is O=S(=O)(NCc1cccs1)c1ccc(-c2cnc(C3CC3)o2)cc1. The molecule has 124 valence electrons. The second-order valence-electron chi connectivity index (χ2n) is 5.77. The summed E-state index contributed by atoms with van der Waals surface area (Å²) in [7, 11) is -3.52. The van der Waals surface area contributed by atoms with E-state index in [1.165, 1.54) is 11.3 Å². The van der Waals surface area contributed by atoms with Gasteiger partial charge in [0, 0.05) is 22.9 Å². The van der Waals surface area contributed by atoms with Crippen LogP contribution in [0.25, 0.3) is 11.3 Å². The van der Waals surface area contributed by atoms with E-state index in [1.54, 1.807) is 30.5 Å². The van der Waals surface area contributed by atoms with Gasteiger partial charge in [0.1, 0.15) is 0 Å². The van der Waals surface area contributed by atoms with E-state index >= 15 is 0 Å². The number of sulfonamides is 1. The molecule has 5 nitrogen and oxygen atoms in total. The van der Waals surface area contributed by atoms with E-state index < -0.39 is 10.0 Å². The minimum atomic E-state index is -3.52. The molecule has 1 aliphatic carbocycles. The summed E-state index contributed by atoms with van der Waals surface area (Å²) in [6.07, 6.45) is 3.96. The number of nitrogens with one attached hydrogen (secondary N) is 1. The van der Waals surface area contributed by atoms with E-state index in [9.17, 15) is 8.42 Å². The maximum absolute atomic E-state index is 12.3. The smallest absolute Gasteiger partial charge is 0.240 e. The molecule has 1 fully saturated rings. The molecule has 0 aliphatic heterocycles. The van der Waals surface area contributed by atoms with Gasteiger partial charge in [-0.1, -0.05) is 6.07 Å². The molecular formula is C17H16N2O3S2. The van der Waals surface area contributed by atoms with Gasteiger partial charge in [-0.3, -0.25) is 0 Å². The Morgan fingerprint density at radius 3 is 2.67 bits per heavy atom. The molecule has 2 heterocycles. The third-order valence-electron chi connectivity index (χ3n) is 3.92. The number of hydrogen-bond acceptors (Lipinski definition) is 5. The van der Waals surface area contributed by atoms with Crippen LogP contribution in [0.2, 0.25) is 0 Å². The number of rotatable bonds is 6. The van der Waals surface area contributed by atoms with Crippen molar-refractivity contribution in [2.45, 2.75) is 30.2 Å². The first kappa shape index (κ1) is 15.6. The minimum absolute atomic E-state index is 0.240. The first-order chi connectivity index (χ1) is 11.6. The number of oxazole rings is 1. The fraction of sp³-hybridized carbons (Fsp3) is 0.235. The first-order valence-electron chi connectivity index (χ1n) is 7.70. The minimum Gasteiger partial charge on any atom is -0.440 e. The molecule has 0 amide bonds. The molecule has 2 aromatic heterocycles. The molecule has 1 aliphatic rings. The number of thiophene rings is 1. The van der Waals surface area contributed by atoms with Crippen LogP contribution in [0.3, 0.4) is 0 Å². The van der Waals surface area contributed by atoms with Crippen LogP contribution in [0.4, 0.5) is 0 Å². The van der Waals surface area contributed by atoms with Crippen molar-refractivity contribution in [1.29, 1.82) is 0 Å². The predicted octanol–water partition coefficient (Wildman–Crippen LogP) is 3.76. The van der Waals surface area contributed by atoms with Crippen molar-refractivity contribution < 1.29 is 12.8 Å². The largest absolute Gasteiger partial charge is 0.440 e. The molecule has 1 N–H and O–H groups in total. The highest BCUT2D eigenvalue weighted by atomic mass is 32.2. The summed E-state index contributed by atoms with van der Waals surface area (Å²) < 4.78 is 33.0. The Labute approximate surface area is 144 Å². The average molecular weight is 360 g/mol. The average Bonchev–Trinajstić information content (AvgIpc) is 3.11. The Balaban J connectivity index is 1.49. The van der Waals surface area contributed by atoms with Crippen LogP contribution in [0.5, 0.6) is 0 Å². The molecule has 24 heavy (non-hydrogen) atoms. The summed E-state index contributed by atoms with van der Waals surface area (Å²) in [5.41, 5.74) is 0.826. The summed E-state index contributed by atoms with van der Waals surface area (Å²) in [5, 5.41) is 1.92. The molecule has 4 rings (SSSR count). The Kier molecular flexibility index (Phi) is 3.99. The molecule has 1 saturated carbocycles. The van der Waals surface area contributed by atoms with E-state index in [2.05, 4.69) is 9.71 Å². The van der Waals surface area contributed by atoms with Crippen molar-refractivity contribution in [2.75, 3.05) is 0 Å². The summed E-state index contributed by atoms with van der Waals surface area (Å²) >= 11 is 1.52. The lowest BCUT2D eigenvalue weighted by Gasteiger charge is -2.06. The molecule has 0 unspecified atom stereocenters. The molecule has 0 bridgehead atoms. The predicted molar refractivity (Wildman–Crippen MR) is 92.3 cm³/mol. The fourth-order valence-electron chi connectivity index (χ4n) is 2.40. The number of nitrogens with zero attached hydrogens (tertiary/aromatic N) is 1. The lowest BCUT2D eigenvalue weighted by atomic mass is 10.2. The van der Waals surface area contributed by atoms with Gasteiger partial charge in [0.25, 0.3) is 0 Å². The van der Waals surface area contributed by atoms with Gasteiger partial charge in [-0.05, 0) is 48.6 Å². The third kappa shape index (κ3) is 3.28. The zero-order valence-corrected chi connectivity index (χ0v) is 14.4. The van der Waals surface area contributed by atoms with Crippen LogP contribution >= 0.6 is 11.3 Å². The number of benzene rings is 1. The molecule has 0 radical (unpaired) electrons. The fourth-order valence-corrected chi connectivity index (χ4v) is 4.14. The number of hydrogen-bond donors (Lipinski definition) is 1. The normalized spacial score (nSPS) is 14.8. The maximum atomic E-state index is 12.3. The Bertz CT molecular complexity index is 925. The molecule has 7 heteroatoms. The van der Waals surface area contributed by atoms with E-state index in [4.69, 9.17) is 4.42 Å². The zero-order chi connectivity index (χ0) is 16.6. The monoisotopic (exact) mass is 360 g/mol. The van der Waals surface area contributed by atoms with Crippen molar-refractivity contribution in [3.05, 3.63) is 58.7 Å². The second kappa shape index (κ2) is 6.16. The molecule has 3 aromatic rings. The Morgan fingerprint density at radius 2 is 2.00 bits per heavy atom. The van der Waals surface area contributed by atoms with Gasteiger partial charge in [0.05, 0.1) is 11.1 Å². The number of aromatic nitrogens is 1. The van der Waals surface area contributed by atoms with Gasteiger partial charge in [-0.15, -0.1) is 11.3 Å². The molecule has 0 saturated heterocycles. The van der Waals surface area contributed by atoms with Crippen LogP contribution in [0.1, 0.15) is 29.5 Å². The molecule has 1 aromatic carbocycles. The summed E-state index contributed by atoms with van der Waals surface area (Å²) in [6, 6.07) is 10.5.